The number of hydrogen-bond acceptors (Lipinski definition) is 15. The van der Waals surface area contributed by atoms with E-state index >= 15 is 0 Å². The second-order valence-corrected chi connectivity index (χ2v) is 27.7. The van der Waals surface area contributed by atoms with Gasteiger partial charge in [0.25, 0.3) is 10.1 Å². The Morgan fingerprint density at radius 3 is 1.44 bits per heavy atom. The molecule has 0 aliphatic heterocycles. The molecule has 0 saturated heterocycles. The minimum atomic E-state index is -4.21. The van der Waals surface area contributed by atoms with Gasteiger partial charge >= 0.3 is 101 Å². The summed E-state index contributed by atoms with van der Waals surface area (Å²) in [5.74, 6) is 0.813. The Hall–Kier alpha value is -1.22. The van der Waals surface area contributed by atoms with Crippen LogP contribution in [0.15, 0.2) is 54.6 Å². The van der Waals surface area contributed by atoms with Crippen molar-refractivity contribution in [1.29, 1.82) is 0 Å². The van der Waals surface area contributed by atoms with Crippen molar-refractivity contribution >= 4 is 75.8 Å². The Balaban J connectivity index is 0. The maximum absolute atomic E-state index is 12.0. The normalized spacial score (nSPS) is 18.4. The largest absolute Gasteiger partial charge is 1.00 e. The summed E-state index contributed by atoms with van der Waals surface area (Å²) in [5, 5.41) is 19.9. The van der Waals surface area contributed by atoms with Gasteiger partial charge in [-0.2, -0.15) is 8.42 Å². The van der Waals surface area contributed by atoms with E-state index in [4.69, 9.17) is 16.8 Å². The monoisotopic (exact) mass is 1240 g/mol. The van der Waals surface area contributed by atoms with E-state index in [2.05, 4.69) is 51.1 Å². The predicted octanol–water partition coefficient (Wildman–Crippen LogP) is -4.81. The zero-order chi connectivity index (χ0) is 57.4. The molecule has 6 rings (SSSR count). The number of nitrogens with one attached hydrogen (secondary N) is 7. The number of hydrogen-bond donors (Lipinski definition) is 8. The number of amides is 5. The van der Waals surface area contributed by atoms with E-state index in [-0.39, 0.29) is 180 Å². The summed E-state index contributed by atoms with van der Waals surface area (Å²) in [6, 6.07) is 17.1. The molecular weight excluding hydrogens is 1160 g/mol. The number of benzene rings is 2. The van der Waals surface area contributed by atoms with Crippen LogP contribution in [0.1, 0.15) is 128 Å². The molecule has 0 aromatic heterocycles. The van der Waals surface area contributed by atoms with Crippen molar-refractivity contribution in [2.45, 2.75) is 136 Å². The Labute approximate surface area is 541 Å². The maximum atomic E-state index is 12.0. The quantitative estimate of drug-likeness (QED) is 0.0224. The van der Waals surface area contributed by atoms with Crippen LogP contribution in [0.3, 0.4) is 0 Å². The van der Waals surface area contributed by atoms with E-state index in [1.807, 2.05) is 75.4 Å². The summed E-state index contributed by atoms with van der Waals surface area (Å²) in [4.78, 5) is 35.1. The zero-order valence-corrected chi connectivity index (χ0v) is 57.5. The second kappa shape index (κ2) is 38.7. The van der Waals surface area contributed by atoms with Crippen LogP contribution in [0.25, 0.3) is 0 Å². The minimum absolute atomic E-state index is 0. The van der Waals surface area contributed by atoms with E-state index in [0.29, 0.717) is 24.1 Å². The molecule has 1 atom stereocenters. The van der Waals surface area contributed by atoms with Gasteiger partial charge in [0.1, 0.15) is 0 Å². The summed E-state index contributed by atoms with van der Waals surface area (Å²) >= 11 is 5.01. The van der Waals surface area contributed by atoms with Crippen LogP contribution >= 0.6 is 12.2 Å². The second-order valence-electron chi connectivity index (χ2n) is 21.1. The van der Waals surface area contributed by atoms with Gasteiger partial charge in [-0.3, -0.25) is 9.35 Å². The first-order chi connectivity index (χ1) is 35.1. The Morgan fingerprint density at radius 2 is 1.03 bits per heavy atom. The van der Waals surface area contributed by atoms with Crippen LogP contribution in [-0.4, -0.2) is 135 Å². The van der Waals surface area contributed by atoms with Gasteiger partial charge in [0.05, 0.1) is 42.0 Å². The molecule has 4 bridgehead atoms. The molecule has 8 N–H and O–H groups in total. The van der Waals surface area contributed by atoms with Gasteiger partial charge in [0, 0.05) is 61.1 Å². The van der Waals surface area contributed by atoms with Gasteiger partial charge in [-0.1, -0.05) is 68.4 Å². The molecule has 0 heterocycles. The average Bonchev–Trinajstić information content (AvgIpc) is 3.27. The van der Waals surface area contributed by atoms with Gasteiger partial charge < -0.3 is 50.9 Å². The van der Waals surface area contributed by atoms with Crippen molar-refractivity contribution in [3.63, 3.8) is 0 Å². The fourth-order valence-electron chi connectivity index (χ4n) is 9.31. The summed E-state index contributed by atoms with van der Waals surface area (Å²) < 4.78 is 123. The fraction of sp³-hybridized carbons (Fsp3) is 0.673. The molecule has 2 aromatic rings. The molecule has 434 valence electrons. The molecule has 1 unspecified atom stereocenters. The van der Waals surface area contributed by atoms with Crippen LogP contribution in [0.5, 0.6) is 0 Å². The smallest absolute Gasteiger partial charge is 0.748 e. The minimum Gasteiger partial charge on any atom is -0.748 e. The standard InChI is InChI=1S/C16H25NO4S.C14H24N2O4S.C11H16N2O3S2.C8H18N2O4S.3Na/c1-12(2)11-14-5-7-15(8-6-14)13(3)16(18)17-9-4-10-22(19,20)21;17-13(15-2-1-3-21(18,19)20)16-14-7-10-4-11(8-14)6-12(5-10)9-14;14-18(15,16)8-4-7-12-11(17)13-9-10-5-2-1-3-6-10;1-8(2,3)10-7(11)9-5-4-6-15(12,13)14;;;/h5-8,12-13H,4,9-11H2,1-3H3,(H,17,18)(H,19,20,21);10-12H,1-9H2,(H2,15,16,17)(H,18,19,20);1-3,5-6H,4,7-9H2,(H2,12,13,17)(H,14,15,16);4-6H2,1-3H3,(H2,9,10,11)(H,12,13,14);;;/q;;;;3*+1/p-3. The molecule has 30 heteroatoms. The van der Waals surface area contributed by atoms with E-state index in [1.54, 1.807) is 6.92 Å². The molecule has 2 aromatic carbocycles. The maximum Gasteiger partial charge on any atom is 1.00 e. The van der Waals surface area contributed by atoms with Crippen molar-refractivity contribution in [2.75, 3.05) is 49.2 Å². The van der Waals surface area contributed by atoms with E-state index < -0.39 is 52.0 Å². The number of thiocarbonyl (C=S) groups is 1. The third kappa shape index (κ3) is 40.6. The molecule has 0 spiro atoms. The molecule has 0 radical (unpaired) electrons. The van der Waals surface area contributed by atoms with Crippen molar-refractivity contribution in [3.8, 4) is 0 Å². The van der Waals surface area contributed by atoms with E-state index in [9.17, 15) is 61.7 Å². The van der Waals surface area contributed by atoms with Gasteiger partial charge in [-0.15, -0.1) is 0 Å². The SMILES string of the molecule is CC(C)(C)NC(=O)NCCCS(=O)(=O)O.CC(C)Cc1ccc(C(C)C(=O)NCCCS(=O)(=O)[O-])cc1.O=C(NCCCS(=O)(=O)[O-])NC12CC3CC(CC(C3)C1)C2.O=S(=O)([O-])CCCNC(=S)NCc1ccccc1.[Na+].[Na+].[Na+]. The van der Waals surface area contributed by atoms with Crippen LogP contribution < -0.4 is 126 Å². The third-order valence-corrected chi connectivity index (χ3v) is 15.6. The van der Waals surface area contributed by atoms with E-state index in [1.165, 1.54) is 24.8 Å². The molecule has 79 heavy (non-hydrogen) atoms. The predicted molar refractivity (Wildman–Crippen MR) is 293 cm³/mol. The number of carbonyl (C=O) groups is 3. The topological polar surface area (TPSA) is 361 Å². The molecule has 4 aliphatic rings. The molecule has 22 nitrogen and oxygen atoms in total. The van der Waals surface area contributed by atoms with E-state index in [0.717, 1.165) is 54.6 Å². The molecule has 4 fully saturated rings. The van der Waals surface area contributed by atoms with Crippen molar-refractivity contribution < 1.29 is 155 Å². The Morgan fingerprint density at radius 1 is 0.608 bits per heavy atom. The van der Waals surface area contributed by atoms with Crippen LogP contribution in [0, 0.1) is 23.7 Å². The van der Waals surface area contributed by atoms with Gasteiger partial charge in [-0.05, 0) is 151 Å². The van der Waals surface area contributed by atoms with Gasteiger partial charge in [0.2, 0.25) is 5.91 Å². The average molecular weight is 1240 g/mol. The Bertz CT molecular complexity index is 2570. The summed E-state index contributed by atoms with van der Waals surface area (Å²) in [5.41, 5.74) is 2.90. The molecule has 5 amide bonds. The fourth-order valence-corrected chi connectivity index (χ4v) is 11.5. The zero-order valence-electron chi connectivity index (χ0n) is 47.4. The van der Waals surface area contributed by atoms with Crippen molar-refractivity contribution in [1.82, 2.24) is 37.2 Å². The van der Waals surface area contributed by atoms with Crippen LogP contribution in [-0.2, 0) is 58.2 Å². The Kier molecular flexibility index (Phi) is 39.1. The number of rotatable bonds is 23. The summed E-state index contributed by atoms with van der Waals surface area (Å²) in [7, 11) is -16.5. The number of carbonyl (C=O) groups excluding carboxylic acids is 3. The molecule has 4 aliphatic carbocycles. The summed E-state index contributed by atoms with van der Waals surface area (Å²) in [6.07, 6.45) is 8.97. The van der Waals surface area contributed by atoms with Gasteiger partial charge in [-0.25, -0.2) is 34.8 Å². The molecular formula is C49H80N7Na3O15S5. The van der Waals surface area contributed by atoms with Crippen molar-refractivity contribution in [3.05, 3.63) is 71.3 Å². The van der Waals surface area contributed by atoms with Crippen LogP contribution in [0.4, 0.5) is 9.59 Å². The first-order valence-corrected chi connectivity index (χ1v) is 32.1. The molecule has 4 saturated carbocycles. The first-order valence-electron chi connectivity index (χ1n) is 25.4. The third-order valence-electron chi connectivity index (χ3n) is 12.2. The first kappa shape index (κ1) is 79.8. The van der Waals surface area contributed by atoms with Crippen molar-refractivity contribution in [2.24, 2.45) is 23.7 Å². The van der Waals surface area contributed by atoms with Gasteiger partial charge in [0.15, 0.2) is 5.11 Å². The summed E-state index contributed by atoms with van der Waals surface area (Å²) in [6.45, 7) is 13.2. The van der Waals surface area contributed by atoms with Crippen LogP contribution in [0.2, 0.25) is 0 Å². The number of urea groups is 2.